The predicted molar refractivity (Wildman–Crippen MR) is 75.7 cm³/mol. The van der Waals surface area contributed by atoms with Crippen LogP contribution in [-0.2, 0) is 0 Å². The molecule has 2 atom stereocenters. The van der Waals surface area contributed by atoms with Gasteiger partial charge in [-0.25, -0.2) is 4.39 Å². The predicted octanol–water partition coefficient (Wildman–Crippen LogP) is 4.68. The minimum atomic E-state index is -0.439. The Morgan fingerprint density at radius 2 is 2.06 bits per heavy atom. The zero-order valence-corrected chi connectivity index (χ0v) is 11.7. The maximum Gasteiger partial charge on any atom is 0.142 e. The topological polar surface area (TPSA) is 12.0 Å². The highest BCUT2D eigenvalue weighted by Crippen LogP contribution is 2.25. The fourth-order valence-electron chi connectivity index (χ4n) is 2.21. The Kier molecular flexibility index (Phi) is 4.66. The first-order chi connectivity index (χ1) is 8.56. The van der Waals surface area contributed by atoms with Crippen molar-refractivity contribution in [2.24, 2.45) is 0 Å². The number of rotatable bonds is 2. The van der Waals surface area contributed by atoms with Gasteiger partial charge < -0.3 is 5.32 Å². The Balaban J connectivity index is 2.11. The molecular formula is C14H16Cl2FN. The molecule has 1 nitrogen and oxygen atoms in total. The molecule has 1 aliphatic rings. The van der Waals surface area contributed by atoms with Crippen molar-refractivity contribution in [1.29, 1.82) is 0 Å². The Labute approximate surface area is 117 Å². The second kappa shape index (κ2) is 6.05. The molecule has 1 aromatic rings. The average Bonchev–Trinajstić information content (AvgIpc) is 2.32. The van der Waals surface area contributed by atoms with Crippen LogP contribution in [0.1, 0.15) is 31.7 Å². The molecule has 2 unspecified atom stereocenters. The third kappa shape index (κ3) is 3.47. The first kappa shape index (κ1) is 13.9. The lowest BCUT2D eigenvalue weighted by Crippen LogP contribution is -2.39. The number of halogens is 3. The van der Waals surface area contributed by atoms with E-state index in [1.807, 2.05) is 12.2 Å². The number of nitrogens with one attached hydrogen (secondary N) is 1. The van der Waals surface area contributed by atoms with E-state index >= 15 is 0 Å². The van der Waals surface area contributed by atoms with Crippen molar-refractivity contribution in [3.05, 3.63) is 39.6 Å². The van der Waals surface area contributed by atoms with Gasteiger partial charge >= 0.3 is 0 Å². The van der Waals surface area contributed by atoms with Gasteiger partial charge in [0.1, 0.15) is 5.82 Å². The summed E-state index contributed by atoms with van der Waals surface area (Å²) in [4.78, 5) is 0. The van der Waals surface area contributed by atoms with Crippen molar-refractivity contribution in [2.75, 3.05) is 0 Å². The van der Waals surface area contributed by atoms with Crippen LogP contribution in [0.3, 0.4) is 0 Å². The van der Waals surface area contributed by atoms with Crippen molar-refractivity contribution in [3.63, 3.8) is 0 Å². The number of benzene rings is 1. The van der Waals surface area contributed by atoms with Crippen molar-refractivity contribution in [3.8, 4) is 0 Å². The first-order valence-electron chi connectivity index (χ1n) is 6.15. The van der Waals surface area contributed by atoms with E-state index < -0.39 is 5.82 Å². The molecule has 1 aliphatic heterocycles. The average molecular weight is 288 g/mol. The molecule has 1 heterocycles. The summed E-state index contributed by atoms with van der Waals surface area (Å²) >= 11 is 11.7. The molecule has 18 heavy (non-hydrogen) atoms. The Morgan fingerprint density at radius 1 is 1.28 bits per heavy atom. The fraction of sp³-hybridized carbons (Fsp3) is 0.429. The molecule has 1 fully saturated rings. The molecule has 0 spiro atoms. The zero-order chi connectivity index (χ0) is 13.1. The molecule has 0 amide bonds. The molecule has 1 N–H and O–H groups in total. The smallest absolute Gasteiger partial charge is 0.142 e. The highest BCUT2D eigenvalue weighted by molar-refractivity contribution is 6.35. The molecule has 0 aromatic heterocycles. The summed E-state index contributed by atoms with van der Waals surface area (Å²) in [6.45, 7) is 2.18. The maximum atomic E-state index is 13.3. The van der Waals surface area contributed by atoms with E-state index in [4.69, 9.17) is 23.2 Å². The van der Waals surface area contributed by atoms with Gasteiger partial charge in [0, 0.05) is 17.1 Å². The van der Waals surface area contributed by atoms with Gasteiger partial charge in [0.25, 0.3) is 0 Å². The standard InChI is InChI=1S/C14H16Cl2FN/c1-9-3-2-4-11(18-9)6-5-10-7-14(17)13(16)8-12(10)15/h5-9,11,18H,2-4H2,1H3/b6-5+. The van der Waals surface area contributed by atoms with Gasteiger partial charge in [-0.05, 0) is 37.5 Å². The second-order valence-corrected chi connectivity index (χ2v) is 5.57. The minimum absolute atomic E-state index is 0.0570. The van der Waals surface area contributed by atoms with Gasteiger partial charge in [-0.3, -0.25) is 0 Å². The molecule has 0 radical (unpaired) electrons. The zero-order valence-electron chi connectivity index (χ0n) is 10.2. The van der Waals surface area contributed by atoms with E-state index in [0.29, 0.717) is 22.7 Å². The van der Waals surface area contributed by atoms with E-state index in [9.17, 15) is 4.39 Å². The van der Waals surface area contributed by atoms with E-state index in [0.717, 1.165) is 6.42 Å². The van der Waals surface area contributed by atoms with Gasteiger partial charge in [0.2, 0.25) is 0 Å². The minimum Gasteiger partial charge on any atom is -0.308 e. The van der Waals surface area contributed by atoms with E-state index in [-0.39, 0.29) is 5.02 Å². The van der Waals surface area contributed by atoms with Gasteiger partial charge in [0.05, 0.1) is 5.02 Å². The summed E-state index contributed by atoms with van der Waals surface area (Å²) in [7, 11) is 0. The van der Waals surface area contributed by atoms with Crippen molar-refractivity contribution in [1.82, 2.24) is 5.32 Å². The molecule has 4 heteroatoms. The molecule has 98 valence electrons. The van der Waals surface area contributed by atoms with Crippen molar-refractivity contribution >= 4 is 29.3 Å². The first-order valence-corrected chi connectivity index (χ1v) is 6.90. The molecule has 0 saturated carbocycles. The number of hydrogen-bond donors (Lipinski definition) is 1. The van der Waals surface area contributed by atoms with Gasteiger partial charge in [-0.15, -0.1) is 0 Å². The van der Waals surface area contributed by atoms with Gasteiger partial charge in [-0.2, -0.15) is 0 Å². The highest BCUT2D eigenvalue weighted by Gasteiger charge is 2.15. The molecule has 2 rings (SSSR count). The lowest BCUT2D eigenvalue weighted by Gasteiger charge is -2.26. The molecular weight excluding hydrogens is 272 g/mol. The largest absolute Gasteiger partial charge is 0.308 e. The fourth-order valence-corrected chi connectivity index (χ4v) is 2.66. The third-order valence-corrected chi connectivity index (χ3v) is 3.82. The van der Waals surface area contributed by atoms with E-state index in [1.54, 1.807) is 0 Å². The SMILES string of the molecule is CC1CCCC(/C=C/c2cc(F)c(Cl)cc2Cl)N1. The van der Waals surface area contributed by atoms with Crippen LogP contribution in [0, 0.1) is 5.82 Å². The van der Waals surface area contributed by atoms with Crippen molar-refractivity contribution < 1.29 is 4.39 Å². The maximum absolute atomic E-state index is 13.3. The number of piperidine rings is 1. The summed E-state index contributed by atoms with van der Waals surface area (Å²) in [5, 5.41) is 4.01. The Bertz CT molecular complexity index is 459. The third-order valence-electron chi connectivity index (χ3n) is 3.20. The van der Waals surface area contributed by atoms with Gasteiger partial charge in [-0.1, -0.05) is 41.8 Å². The monoisotopic (exact) mass is 287 g/mol. The molecule has 1 saturated heterocycles. The van der Waals surface area contributed by atoms with Crippen LogP contribution >= 0.6 is 23.2 Å². The van der Waals surface area contributed by atoms with Crippen LogP contribution in [0.5, 0.6) is 0 Å². The van der Waals surface area contributed by atoms with Crippen LogP contribution in [0.25, 0.3) is 6.08 Å². The quantitative estimate of drug-likeness (QED) is 0.779. The van der Waals surface area contributed by atoms with Crippen LogP contribution in [0.4, 0.5) is 4.39 Å². The summed E-state index contributed by atoms with van der Waals surface area (Å²) in [6, 6.07) is 3.68. The molecule has 1 aromatic carbocycles. The summed E-state index contributed by atoms with van der Waals surface area (Å²) in [5.41, 5.74) is 0.665. The van der Waals surface area contributed by atoms with Crippen molar-refractivity contribution in [2.45, 2.75) is 38.3 Å². The lowest BCUT2D eigenvalue weighted by molar-refractivity contribution is 0.375. The Morgan fingerprint density at radius 3 is 2.78 bits per heavy atom. The van der Waals surface area contributed by atoms with Crippen LogP contribution in [0.2, 0.25) is 10.0 Å². The summed E-state index contributed by atoms with van der Waals surface area (Å²) in [5.74, 6) is -0.439. The Hall–Kier alpha value is -0.570. The molecule has 0 bridgehead atoms. The van der Waals surface area contributed by atoms with Crippen LogP contribution in [-0.4, -0.2) is 12.1 Å². The second-order valence-electron chi connectivity index (χ2n) is 4.75. The van der Waals surface area contributed by atoms with E-state index in [2.05, 4.69) is 12.2 Å². The van der Waals surface area contributed by atoms with Crippen LogP contribution < -0.4 is 5.32 Å². The molecule has 0 aliphatic carbocycles. The highest BCUT2D eigenvalue weighted by atomic mass is 35.5. The lowest BCUT2D eigenvalue weighted by atomic mass is 9.99. The summed E-state index contributed by atoms with van der Waals surface area (Å²) in [6.07, 6.45) is 7.43. The number of hydrogen-bond acceptors (Lipinski definition) is 1. The van der Waals surface area contributed by atoms with Crippen LogP contribution in [0.15, 0.2) is 18.2 Å². The van der Waals surface area contributed by atoms with Gasteiger partial charge in [0.15, 0.2) is 0 Å². The normalized spacial score (nSPS) is 24.7. The summed E-state index contributed by atoms with van der Waals surface area (Å²) < 4.78 is 13.3. The van der Waals surface area contributed by atoms with E-state index in [1.165, 1.54) is 25.0 Å².